The van der Waals surface area contributed by atoms with E-state index in [1.165, 1.54) is 48.5 Å². The molecule has 0 saturated carbocycles. The average molecular weight is 503 g/mol. The highest BCUT2D eigenvalue weighted by molar-refractivity contribution is 7.91. The third kappa shape index (κ3) is 5.53. The summed E-state index contributed by atoms with van der Waals surface area (Å²) in [5, 5.41) is 5.20. The van der Waals surface area contributed by atoms with Crippen LogP contribution >= 0.6 is 23.2 Å². The largest absolute Gasteiger partial charge is 0.416 e. The van der Waals surface area contributed by atoms with Gasteiger partial charge in [-0.15, -0.1) is 0 Å². The number of amides is 1. The first-order valence-corrected chi connectivity index (χ1v) is 11.2. The summed E-state index contributed by atoms with van der Waals surface area (Å²) in [5.41, 5.74) is -0.834. The van der Waals surface area contributed by atoms with Crippen LogP contribution in [0, 0.1) is 0 Å². The first-order chi connectivity index (χ1) is 15.0. The number of sulfone groups is 1. The van der Waals surface area contributed by atoms with Crippen LogP contribution in [0.25, 0.3) is 0 Å². The fourth-order valence-corrected chi connectivity index (χ4v) is 4.99. The van der Waals surface area contributed by atoms with Gasteiger partial charge in [0.15, 0.2) is 0 Å². The SMILES string of the molecule is O=C(CNc1ccccc1S(=O)(=O)c1cc(Cl)ccc1Cl)Nc1cccc(C(F)(F)F)c1. The molecule has 0 aliphatic rings. The van der Waals surface area contributed by atoms with Crippen molar-refractivity contribution < 1.29 is 26.4 Å². The number of rotatable bonds is 6. The Morgan fingerprint density at radius 2 is 1.62 bits per heavy atom. The Balaban J connectivity index is 1.79. The zero-order valence-electron chi connectivity index (χ0n) is 16.1. The Bertz CT molecular complexity index is 1270. The molecule has 0 saturated heterocycles. The lowest BCUT2D eigenvalue weighted by atomic mass is 10.2. The van der Waals surface area contributed by atoms with Crippen LogP contribution in [0.3, 0.4) is 0 Å². The molecule has 0 radical (unpaired) electrons. The van der Waals surface area contributed by atoms with Crippen LogP contribution in [0.4, 0.5) is 24.5 Å². The van der Waals surface area contributed by atoms with Crippen molar-refractivity contribution in [3.05, 3.63) is 82.3 Å². The van der Waals surface area contributed by atoms with Crippen LogP contribution < -0.4 is 10.6 Å². The fourth-order valence-electron chi connectivity index (χ4n) is 2.80. The minimum atomic E-state index is -4.55. The summed E-state index contributed by atoms with van der Waals surface area (Å²) in [6.07, 6.45) is -4.55. The lowest BCUT2D eigenvalue weighted by Gasteiger charge is -2.14. The normalized spacial score (nSPS) is 11.8. The summed E-state index contributed by atoms with van der Waals surface area (Å²) in [5.74, 6) is -0.669. The molecule has 0 atom stereocenters. The quantitative estimate of drug-likeness (QED) is 0.440. The van der Waals surface area contributed by atoms with E-state index in [4.69, 9.17) is 23.2 Å². The Morgan fingerprint density at radius 1 is 0.906 bits per heavy atom. The maximum Gasteiger partial charge on any atom is 0.416 e. The van der Waals surface area contributed by atoms with Crippen LogP contribution in [0.2, 0.25) is 10.0 Å². The van der Waals surface area contributed by atoms with Gasteiger partial charge in [-0.1, -0.05) is 41.4 Å². The highest BCUT2D eigenvalue weighted by atomic mass is 35.5. The number of carbonyl (C=O) groups is 1. The number of alkyl halides is 3. The molecule has 3 aromatic rings. The van der Waals surface area contributed by atoms with Crippen LogP contribution in [0.5, 0.6) is 0 Å². The molecule has 2 N–H and O–H groups in total. The predicted molar refractivity (Wildman–Crippen MR) is 117 cm³/mol. The molecule has 3 rings (SSSR count). The van der Waals surface area contributed by atoms with Crippen LogP contribution in [0.15, 0.2) is 76.5 Å². The van der Waals surface area contributed by atoms with E-state index in [0.29, 0.717) is 0 Å². The Morgan fingerprint density at radius 3 is 2.34 bits per heavy atom. The number of anilines is 2. The van der Waals surface area contributed by atoms with Gasteiger partial charge in [0.25, 0.3) is 0 Å². The molecule has 0 bridgehead atoms. The lowest BCUT2D eigenvalue weighted by Crippen LogP contribution is -2.23. The second-order valence-electron chi connectivity index (χ2n) is 6.55. The first-order valence-electron chi connectivity index (χ1n) is 8.98. The number of halogens is 5. The standard InChI is InChI=1S/C21H15Cl2F3N2O3S/c22-14-8-9-16(23)19(11-14)32(30,31)18-7-2-1-6-17(18)27-12-20(29)28-15-5-3-4-13(10-15)21(24,25)26/h1-11,27H,12H2,(H,28,29). The van der Waals surface area contributed by atoms with Crippen molar-refractivity contribution in [2.45, 2.75) is 16.0 Å². The molecule has 3 aromatic carbocycles. The van der Waals surface area contributed by atoms with Gasteiger partial charge < -0.3 is 10.6 Å². The lowest BCUT2D eigenvalue weighted by molar-refractivity contribution is -0.137. The van der Waals surface area contributed by atoms with Crippen molar-refractivity contribution in [2.75, 3.05) is 17.2 Å². The van der Waals surface area contributed by atoms with Crippen LogP contribution in [-0.4, -0.2) is 20.9 Å². The average Bonchev–Trinajstić information content (AvgIpc) is 2.73. The van der Waals surface area contributed by atoms with Gasteiger partial charge in [0.05, 0.1) is 32.6 Å². The van der Waals surface area contributed by atoms with Gasteiger partial charge >= 0.3 is 6.18 Å². The van der Waals surface area contributed by atoms with E-state index < -0.39 is 34.0 Å². The number of para-hydroxylation sites is 1. The summed E-state index contributed by atoms with van der Waals surface area (Å²) in [7, 11) is -4.09. The summed E-state index contributed by atoms with van der Waals surface area (Å²) in [4.78, 5) is 11.9. The Hall–Kier alpha value is -2.75. The fraction of sp³-hybridized carbons (Fsp3) is 0.0952. The van der Waals surface area contributed by atoms with Gasteiger partial charge in [0.1, 0.15) is 0 Å². The molecule has 32 heavy (non-hydrogen) atoms. The molecule has 0 spiro atoms. The summed E-state index contributed by atoms with van der Waals surface area (Å²) >= 11 is 12.0. The second-order valence-corrected chi connectivity index (χ2v) is 9.28. The first kappa shape index (κ1) is 23.9. The van der Waals surface area contributed by atoms with Gasteiger partial charge in [0.2, 0.25) is 15.7 Å². The molecule has 0 aliphatic carbocycles. The summed E-state index contributed by atoms with van der Waals surface area (Å²) in [6, 6.07) is 14.0. The minimum absolute atomic E-state index is 0.0218. The van der Waals surface area contributed by atoms with Crippen molar-refractivity contribution in [3.63, 3.8) is 0 Å². The van der Waals surface area contributed by atoms with E-state index in [1.54, 1.807) is 6.07 Å². The monoisotopic (exact) mass is 502 g/mol. The van der Waals surface area contributed by atoms with Crippen molar-refractivity contribution in [1.29, 1.82) is 0 Å². The topological polar surface area (TPSA) is 75.3 Å². The maximum atomic E-state index is 13.1. The number of hydrogen-bond acceptors (Lipinski definition) is 4. The number of nitrogens with one attached hydrogen (secondary N) is 2. The second kappa shape index (κ2) is 9.40. The highest BCUT2D eigenvalue weighted by Gasteiger charge is 2.30. The van der Waals surface area contributed by atoms with E-state index in [0.717, 1.165) is 12.1 Å². The number of carbonyl (C=O) groups excluding carboxylic acids is 1. The molecule has 0 fully saturated rings. The van der Waals surface area contributed by atoms with Crippen molar-refractivity contribution in [2.24, 2.45) is 0 Å². The van der Waals surface area contributed by atoms with Gasteiger partial charge in [-0.25, -0.2) is 8.42 Å². The van der Waals surface area contributed by atoms with Crippen molar-refractivity contribution >= 4 is 50.3 Å². The van der Waals surface area contributed by atoms with E-state index in [1.807, 2.05) is 0 Å². The molecular weight excluding hydrogens is 488 g/mol. The van der Waals surface area contributed by atoms with Crippen molar-refractivity contribution in [3.8, 4) is 0 Å². The Kier molecular flexibility index (Phi) is 7.02. The third-order valence-electron chi connectivity index (χ3n) is 4.27. The minimum Gasteiger partial charge on any atom is -0.375 e. The molecule has 0 aliphatic heterocycles. The zero-order chi connectivity index (χ0) is 23.5. The van der Waals surface area contributed by atoms with Crippen molar-refractivity contribution in [1.82, 2.24) is 0 Å². The third-order valence-corrected chi connectivity index (χ3v) is 6.80. The zero-order valence-corrected chi connectivity index (χ0v) is 18.4. The summed E-state index contributed by atoms with van der Waals surface area (Å²) < 4.78 is 64.7. The summed E-state index contributed by atoms with van der Waals surface area (Å²) in [6.45, 7) is -0.397. The molecule has 0 unspecified atom stereocenters. The number of benzene rings is 3. The molecule has 0 heterocycles. The van der Waals surface area contributed by atoms with Gasteiger partial charge in [-0.05, 0) is 48.5 Å². The van der Waals surface area contributed by atoms with Crippen LogP contribution in [0.1, 0.15) is 5.56 Å². The van der Waals surface area contributed by atoms with E-state index >= 15 is 0 Å². The smallest absolute Gasteiger partial charge is 0.375 e. The molecular formula is C21H15Cl2F3N2O3S. The van der Waals surface area contributed by atoms with E-state index in [9.17, 15) is 26.4 Å². The number of hydrogen-bond donors (Lipinski definition) is 2. The van der Waals surface area contributed by atoms with Crippen LogP contribution in [-0.2, 0) is 20.8 Å². The predicted octanol–water partition coefficient (Wildman–Crippen LogP) is 5.90. The Labute approximate surface area is 192 Å². The van der Waals surface area contributed by atoms with Gasteiger partial charge in [0, 0.05) is 10.7 Å². The molecule has 1 amide bonds. The van der Waals surface area contributed by atoms with Gasteiger partial charge in [-0.3, -0.25) is 4.79 Å². The van der Waals surface area contributed by atoms with E-state index in [-0.39, 0.29) is 31.2 Å². The van der Waals surface area contributed by atoms with E-state index in [2.05, 4.69) is 10.6 Å². The molecule has 168 valence electrons. The maximum absolute atomic E-state index is 13.1. The molecule has 0 aromatic heterocycles. The molecule has 11 heteroatoms. The molecule has 5 nitrogen and oxygen atoms in total. The highest BCUT2D eigenvalue weighted by Crippen LogP contribution is 2.33. The van der Waals surface area contributed by atoms with Gasteiger partial charge in [-0.2, -0.15) is 13.2 Å².